The molecule has 0 aromatic rings. The Morgan fingerprint density at radius 2 is 0.769 bits per heavy atom. The minimum Gasteiger partial charge on any atom is -0.394 e. The van der Waals surface area contributed by atoms with Gasteiger partial charge in [-0.05, 0) is 0 Å². The van der Waals surface area contributed by atoms with Crippen molar-refractivity contribution in [2.45, 2.75) is 0 Å². The Kier molecular flexibility index (Phi) is 41.5. The Morgan fingerprint density at radius 3 is 0.962 bits per heavy atom. The van der Waals surface area contributed by atoms with Gasteiger partial charge in [0, 0.05) is 21.3 Å². The molecule has 0 radical (unpaired) electrons. The number of rotatable bonds is 17. The molecule has 11 nitrogen and oxygen atoms in total. The van der Waals surface area contributed by atoms with E-state index in [4.69, 9.17) is 39.3 Å². The molecule has 0 aromatic heterocycles. The molecule has 0 spiro atoms. The minimum absolute atomic E-state index is 0. The maximum Gasteiger partial charge on any atom is 0.105 e. The second-order valence-corrected chi connectivity index (χ2v) is 4.21. The Balaban J connectivity index is -0.000000394. The summed E-state index contributed by atoms with van der Waals surface area (Å²) in [5, 5.41) is 22.8. The van der Waals surface area contributed by atoms with E-state index in [1.54, 1.807) is 21.3 Å². The molecule has 0 saturated carbocycles. The fraction of sp³-hybridized carbons (Fsp3) is 1.00. The number of ether oxygens (including phenoxy) is 6. The van der Waals surface area contributed by atoms with Gasteiger partial charge in [-0.15, -0.1) is 0 Å². The lowest BCUT2D eigenvalue weighted by Crippen LogP contribution is -2.12. The second kappa shape index (κ2) is 35.6. The summed E-state index contributed by atoms with van der Waals surface area (Å²) >= 11 is 0. The summed E-state index contributed by atoms with van der Waals surface area (Å²) in [6.07, 6.45) is 0. The molecule has 3 N–H and O–H groups in total. The standard InChI is InChI=1S/C10H22O5.C3H8O3.C2H6O3/c1-11-3-5-13-7-9-15-10-8-14-6-4-12-2;1-5-2-3-6-4;3-1-2-5-4/h3-10H2,1-2H3;4H,2-3H2,1H3;3-4H,1-2H2. The third kappa shape index (κ3) is 43.7. The van der Waals surface area contributed by atoms with Crippen LogP contribution < -0.4 is 0 Å². The number of methoxy groups -OCH3 is 3. The van der Waals surface area contributed by atoms with Crippen LogP contribution in [0.3, 0.4) is 0 Å². The van der Waals surface area contributed by atoms with Crippen molar-refractivity contribution < 1.29 is 53.8 Å². The molecule has 0 fully saturated rings. The van der Waals surface area contributed by atoms with Crippen molar-refractivity contribution in [2.24, 2.45) is 0 Å². The summed E-state index contributed by atoms with van der Waals surface area (Å²) in [5.74, 6) is 0. The Bertz CT molecular complexity index is 180. The van der Waals surface area contributed by atoms with Crippen molar-refractivity contribution in [1.29, 1.82) is 0 Å². The molecule has 0 heterocycles. The molecular weight excluding hydrogens is 356 g/mol. The first-order valence-corrected chi connectivity index (χ1v) is 8.08. The normalized spacial score (nSPS) is 9.92. The zero-order chi connectivity index (χ0) is 20.1. The summed E-state index contributed by atoms with van der Waals surface area (Å²) in [5.41, 5.74) is 0. The molecule has 0 unspecified atom stereocenters. The summed E-state index contributed by atoms with van der Waals surface area (Å²) in [6, 6.07) is 0. The Morgan fingerprint density at radius 1 is 0.462 bits per heavy atom. The van der Waals surface area contributed by atoms with Crippen molar-refractivity contribution in [3.63, 3.8) is 0 Å². The van der Waals surface area contributed by atoms with E-state index < -0.39 is 0 Å². The first-order valence-electron chi connectivity index (χ1n) is 8.08. The van der Waals surface area contributed by atoms with Crippen molar-refractivity contribution >= 4 is 0 Å². The first kappa shape index (κ1) is 30.3. The van der Waals surface area contributed by atoms with Crippen molar-refractivity contribution in [3.05, 3.63) is 0 Å². The predicted molar refractivity (Wildman–Crippen MR) is 92.3 cm³/mol. The third-order valence-electron chi connectivity index (χ3n) is 2.17. The van der Waals surface area contributed by atoms with E-state index in [9.17, 15) is 0 Å². The molecule has 26 heavy (non-hydrogen) atoms. The van der Waals surface area contributed by atoms with Crippen LogP contribution in [0.15, 0.2) is 0 Å². The highest BCUT2D eigenvalue weighted by Crippen LogP contribution is 1.82. The van der Waals surface area contributed by atoms with Crippen molar-refractivity contribution in [2.75, 3.05) is 101 Å². The quantitative estimate of drug-likeness (QED) is 0.174. The SMILES string of the molecule is COCCOCCOCCOCCOC.COCCOO.OCCOO. The van der Waals surface area contributed by atoms with Crippen molar-refractivity contribution in [3.8, 4) is 0 Å². The lowest BCUT2D eigenvalue weighted by Gasteiger charge is -2.06. The Labute approximate surface area is 155 Å². The average molecular weight is 392 g/mol. The fourth-order valence-electron chi connectivity index (χ4n) is 0.988. The highest BCUT2D eigenvalue weighted by molar-refractivity contribution is 4.34. The van der Waals surface area contributed by atoms with E-state index in [0.29, 0.717) is 59.5 Å². The molecule has 162 valence electrons. The summed E-state index contributed by atoms with van der Waals surface area (Å²) in [4.78, 5) is 7.10. The van der Waals surface area contributed by atoms with E-state index in [0.717, 1.165) is 0 Å². The maximum atomic E-state index is 7.78. The van der Waals surface area contributed by atoms with E-state index in [1.165, 1.54) is 0 Å². The summed E-state index contributed by atoms with van der Waals surface area (Å²) in [6.45, 7) is 5.43. The summed E-state index contributed by atoms with van der Waals surface area (Å²) < 4.78 is 29.8. The van der Waals surface area contributed by atoms with Crippen LogP contribution in [-0.2, 0) is 38.2 Å². The average Bonchev–Trinajstić information content (AvgIpc) is 2.66. The fourth-order valence-corrected chi connectivity index (χ4v) is 0.988. The molecular formula is C15H36O11. The number of hydrogen-bond donors (Lipinski definition) is 3. The van der Waals surface area contributed by atoms with Crippen LogP contribution in [0.5, 0.6) is 0 Å². The van der Waals surface area contributed by atoms with Gasteiger partial charge in [-0.3, -0.25) is 10.5 Å². The number of hydrogen-bond acceptors (Lipinski definition) is 11. The summed E-state index contributed by atoms with van der Waals surface area (Å²) in [7, 11) is 4.84. The van der Waals surface area contributed by atoms with E-state index in [2.05, 4.69) is 14.5 Å². The molecule has 0 amide bonds. The lowest BCUT2D eigenvalue weighted by atomic mass is 10.7. The zero-order valence-corrected chi connectivity index (χ0v) is 16.1. The molecule has 0 aliphatic rings. The van der Waals surface area contributed by atoms with E-state index >= 15 is 0 Å². The molecule has 0 aliphatic heterocycles. The van der Waals surface area contributed by atoms with Crippen LogP contribution in [0.4, 0.5) is 0 Å². The molecule has 0 atom stereocenters. The van der Waals surface area contributed by atoms with Gasteiger partial charge in [0.15, 0.2) is 0 Å². The highest BCUT2D eigenvalue weighted by Gasteiger charge is 1.91. The minimum atomic E-state index is -0.128. The van der Waals surface area contributed by atoms with Gasteiger partial charge in [-0.2, -0.15) is 0 Å². The van der Waals surface area contributed by atoms with Gasteiger partial charge in [0.1, 0.15) is 13.2 Å². The van der Waals surface area contributed by atoms with Gasteiger partial charge in [0.25, 0.3) is 0 Å². The van der Waals surface area contributed by atoms with Gasteiger partial charge in [0.05, 0.1) is 66.1 Å². The first-order chi connectivity index (χ1) is 12.7. The largest absolute Gasteiger partial charge is 0.394 e. The molecule has 0 aromatic carbocycles. The van der Waals surface area contributed by atoms with Crippen molar-refractivity contribution in [1.82, 2.24) is 0 Å². The molecule has 0 saturated heterocycles. The highest BCUT2D eigenvalue weighted by atomic mass is 17.1. The number of aliphatic hydroxyl groups excluding tert-OH is 1. The molecule has 0 rings (SSSR count). The molecule has 0 bridgehead atoms. The van der Waals surface area contributed by atoms with E-state index in [-0.39, 0.29) is 19.8 Å². The zero-order valence-electron chi connectivity index (χ0n) is 16.1. The second-order valence-electron chi connectivity index (χ2n) is 4.21. The molecule has 0 aliphatic carbocycles. The maximum absolute atomic E-state index is 7.78. The van der Waals surface area contributed by atoms with Crippen LogP contribution in [0.25, 0.3) is 0 Å². The predicted octanol–water partition coefficient (Wildman–Crippen LogP) is -0.0803. The smallest absolute Gasteiger partial charge is 0.105 e. The van der Waals surface area contributed by atoms with Gasteiger partial charge in [-0.1, -0.05) is 0 Å². The van der Waals surface area contributed by atoms with Crippen LogP contribution in [-0.4, -0.2) is 116 Å². The Hall–Kier alpha value is -0.440. The molecule has 11 heteroatoms. The number of aliphatic hydroxyl groups is 1. The monoisotopic (exact) mass is 392 g/mol. The third-order valence-corrected chi connectivity index (χ3v) is 2.17. The van der Waals surface area contributed by atoms with Gasteiger partial charge in [-0.25, -0.2) is 9.78 Å². The van der Waals surface area contributed by atoms with Gasteiger partial charge >= 0.3 is 0 Å². The van der Waals surface area contributed by atoms with Crippen LogP contribution in [0, 0.1) is 0 Å². The van der Waals surface area contributed by atoms with Crippen LogP contribution in [0.2, 0.25) is 0 Å². The van der Waals surface area contributed by atoms with Gasteiger partial charge in [0.2, 0.25) is 0 Å². The lowest BCUT2D eigenvalue weighted by molar-refractivity contribution is -0.247. The van der Waals surface area contributed by atoms with Gasteiger partial charge < -0.3 is 33.5 Å². The van der Waals surface area contributed by atoms with E-state index in [1.807, 2.05) is 0 Å². The van der Waals surface area contributed by atoms with Crippen LogP contribution in [0.1, 0.15) is 0 Å². The van der Waals surface area contributed by atoms with Crippen LogP contribution >= 0.6 is 0 Å². The topological polar surface area (TPSA) is 135 Å².